The Morgan fingerprint density at radius 3 is 2.79 bits per heavy atom. The highest BCUT2D eigenvalue weighted by Crippen LogP contribution is 2.62. The third-order valence-corrected chi connectivity index (χ3v) is 8.49. The van der Waals surface area contributed by atoms with Gasteiger partial charge in [0.05, 0.1) is 0 Å². The highest BCUT2D eigenvalue weighted by molar-refractivity contribution is 5.88. The van der Waals surface area contributed by atoms with E-state index in [1.165, 1.54) is 17.2 Å². The molecular weight excluding hydrogens is 412 g/mol. The van der Waals surface area contributed by atoms with Crippen molar-refractivity contribution in [3.05, 3.63) is 77.4 Å². The van der Waals surface area contributed by atoms with Crippen molar-refractivity contribution in [3.63, 3.8) is 0 Å². The first-order valence-corrected chi connectivity index (χ1v) is 12.2. The number of carbonyl (C=O) groups is 2. The number of hydrogen-bond donors (Lipinski definition) is 1. The summed E-state index contributed by atoms with van der Waals surface area (Å²) in [4.78, 5) is 24.0. The summed E-state index contributed by atoms with van der Waals surface area (Å²) in [6.07, 6.45) is 8.34. The second-order valence-corrected chi connectivity index (χ2v) is 10.3. The van der Waals surface area contributed by atoms with Crippen LogP contribution in [-0.2, 0) is 22.6 Å². The number of allylic oxidation sites excluding steroid dienone is 1. The van der Waals surface area contributed by atoms with Crippen LogP contribution in [0.3, 0.4) is 0 Å². The van der Waals surface area contributed by atoms with Crippen molar-refractivity contribution in [2.75, 3.05) is 0 Å². The molecule has 0 heterocycles. The molecule has 0 aliphatic heterocycles. The largest absolute Gasteiger partial charge is 0.489 e. The lowest BCUT2D eigenvalue weighted by Crippen LogP contribution is -2.44. The summed E-state index contributed by atoms with van der Waals surface area (Å²) in [7, 11) is 0. The lowest BCUT2D eigenvalue weighted by molar-refractivity contribution is -0.131. The van der Waals surface area contributed by atoms with Gasteiger partial charge in [-0.1, -0.05) is 49.4 Å². The van der Waals surface area contributed by atoms with Crippen molar-refractivity contribution < 1.29 is 19.4 Å². The van der Waals surface area contributed by atoms with Crippen molar-refractivity contribution in [1.82, 2.24) is 0 Å². The van der Waals surface area contributed by atoms with Crippen molar-refractivity contribution in [2.45, 2.75) is 58.0 Å². The lowest BCUT2D eigenvalue weighted by atomic mass is 9.54. The van der Waals surface area contributed by atoms with Gasteiger partial charge in [-0.05, 0) is 84.6 Å². The van der Waals surface area contributed by atoms with E-state index in [1.807, 2.05) is 18.2 Å². The van der Waals surface area contributed by atoms with Gasteiger partial charge in [-0.2, -0.15) is 0 Å². The van der Waals surface area contributed by atoms with Gasteiger partial charge in [0.25, 0.3) is 0 Å². The Morgan fingerprint density at radius 1 is 1.18 bits per heavy atom. The second kappa shape index (κ2) is 8.81. The van der Waals surface area contributed by atoms with Gasteiger partial charge >= 0.3 is 5.97 Å². The van der Waals surface area contributed by atoms with Crippen LogP contribution in [0.5, 0.6) is 5.75 Å². The number of ether oxygens (including phenoxy) is 1. The average molecular weight is 445 g/mol. The van der Waals surface area contributed by atoms with E-state index in [9.17, 15) is 9.59 Å². The molecule has 2 aromatic rings. The molecule has 0 unspecified atom stereocenters. The Bertz CT molecular complexity index is 1070. The normalized spacial score (nSPS) is 30.5. The monoisotopic (exact) mass is 444 g/mol. The molecule has 1 N–H and O–H groups in total. The fraction of sp³-hybridized carbons (Fsp3) is 0.448. The number of Topliss-reactive ketones (excluding diaryl/α,β-unsaturated/α-hetero) is 1. The van der Waals surface area contributed by atoms with Crippen molar-refractivity contribution in [1.29, 1.82) is 0 Å². The fourth-order valence-electron chi connectivity index (χ4n) is 7.01. The summed E-state index contributed by atoms with van der Waals surface area (Å²) in [5.41, 5.74) is 3.73. The zero-order chi connectivity index (χ0) is 23.0. The molecular formula is C29H32O4. The van der Waals surface area contributed by atoms with Gasteiger partial charge in [0.15, 0.2) is 0 Å². The predicted molar refractivity (Wildman–Crippen MR) is 127 cm³/mol. The number of rotatable bonds is 6. The van der Waals surface area contributed by atoms with E-state index in [1.54, 1.807) is 6.08 Å². The van der Waals surface area contributed by atoms with Crippen LogP contribution in [0, 0.1) is 23.2 Å². The minimum Gasteiger partial charge on any atom is -0.489 e. The molecule has 2 aromatic carbocycles. The lowest BCUT2D eigenvalue weighted by Gasteiger charge is -2.49. The van der Waals surface area contributed by atoms with Crippen molar-refractivity contribution in [3.8, 4) is 5.75 Å². The maximum atomic E-state index is 13.0. The number of fused-ring (bicyclic) bond motifs is 5. The molecule has 2 fully saturated rings. The topological polar surface area (TPSA) is 63.6 Å². The molecule has 33 heavy (non-hydrogen) atoms. The number of carboxylic acid groups (broad SMARTS) is 1. The standard InChI is InChI=1S/C29H32O4/c1-29-15-14-24-23-13-11-22(33-18-19-6-3-2-4-7-19)16-20(23)10-12-25(24)28(29)21(17-26(29)30)8-5-9-27(31)32/h2-7,9,11,13,16,21,24-25,28H,8,10,12,14-15,17-18H2,1H3,(H,31,32)/b9-5+/t21-,24+,25+,28-,29+/m0/s1. The first-order valence-electron chi connectivity index (χ1n) is 12.2. The fourth-order valence-corrected chi connectivity index (χ4v) is 7.01. The van der Waals surface area contributed by atoms with Crippen LogP contribution < -0.4 is 4.74 Å². The minimum absolute atomic E-state index is 0.251. The van der Waals surface area contributed by atoms with E-state index < -0.39 is 5.97 Å². The minimum atomic E-state index is -0.916. The maximum Gasteiger partial charge on any atom is 0.327 e. The van der Waals surface area contributed by atoms with E-state index >= 15 is 0 Å². The van der Waals surface area contributed by atoms with E-state index in [0.717, 1.165) is 37.0 Å². The molecule has 0 bridgehead atoms. The van der Waals surface area contributed by atoms with Crippen LogP contribution in [0.1, 0.15) is 61.6 Å². The van der Waals surface area contributed by atoms with E-state index in [4.69, 9.17) is 9.84 Å². The Kier molecular flexibility index (Phi) is 5.86. The number of benzene rings is 2. The van der Waals surface area contributed by atoms with Gasteiger partial charge in [0, 0.05) is 17.9 Å². The van der Waals surface area contributed by atoms with Crippen molar-refractivity contribution in [2.24, 2.45) is 23.2 Å². The smallest absolute Gasteiger partial charge is 0.327 e. The molecule has 4 nitrogen and oxygen atoms in total. The Labute approximate surface area is 195 Å². The van der Waals surface area contributed by atoms with Crippen LogP contribution in [0.4, 0.5) is 0 Å². The molecule has 2 saturated carbocycles. The number of aryl methyl sites for hydroxylation is 1. The molecule has 3 aliphatic carbocycles. The number of hydrogen-bond acceptors (Lipinski definition) is 3. The number of carboxylic acids is 1. The molecule has 0 saturated heterocycles. The molecule has 4 heteroatoms. The number of carbonyl (C=O) groups excluding carboxylic acids is 1. The van der Waals surface area contributed by atoms with E-state index in [-0.39, 0.29) is 11.3 Å². The molecule has 5 atom stereocenters. The number of ketones is 1. The zero-order valence-electron chi connectivity index (χ0n) is 19.2. The molecule has 0 aromatic heterocycles. The maximum absolute atomic E-state index is 13.0. The number of aliphatic carboxylic acids is 1. The summed E-state index contributed by atoms with van der Waals surface area (Å²) in [6.45, 7) is 2.74. The van der Waals surface area contributed by atoms with Gasteiger partial charge in [0.1, 0.15) is 18.1 Å². The summed E-state index contributed by atoms with van der Waals surface area (Å²) in [5.74, 6) is 1.94. The van der Waals surface area contributed by atoms with E-state index in [2.05, 4.69) is 37.3 Å². The molecule has 172 valence electrons. The SMILES string of the molecule is C[C@]12CC[C@@H]3c4ccc(OCc5ccccc5)cc4CC[C@H]3[C@@H]1[C@@H](C/C=C/C(=O)O)CC2=O. The first kappa shape index (κ1) is 21.9. The highest BCUT2D eigenvalue weighted by atomic mass is 16.5. The van der Waals surface area contributed by atoms with E-state index in [0.29, 0.717) is 43.0 Å². The third kappa shape index (κ3) is 4.12. The van der Waals surface area contributed by atoms with Crippen LogP contribution in [0.2, 0.25) is 0 Å². The van der Waals surface area contributed by atoms with Crippen LogP contribution in [0.15, 0.2) is 60.7 Å². The summed E-state index contributed by atoms with van der Waals surface area (Å²) < 4.78 is 6.07. The van der Waals surface area contributed by atoms with Crippen LogP contribution in [-0.4, -0.2) is 16.9 Å². The molecule has 0 amide bonds. The van der Waals surface area contributed by atoms with Crippen LogP contribution in [0.25, 0.3) is 0 Å². The Morgan fingerprint density at radius 2 is 2.00 bits per heavy atom. The van der Waals surface area contributed by atoms with Gasteiger partial charge in [-0.3, -0.25) is 4.79 Å². The van der Waals surface area contributed by atoms with Crippen LogP contribution >= 0.6 is 0 Å². The quantitative estimate of drug-likeness (QED) is 0.560. The first-order chi connectivity index (χ1) is 16.0. The molecule has 0 spiro atoms. The Hall–Kier alpha value is -2.88. The summed E-state index contributed by atoms with van der Waals surface area (Å²) >= 11 is 0. The average Bonchev–Trinajstić information content (AvgIpc) is 3.07. The molecule has 0 radical (unpaired) electrons. The molecule has 3 aliphatic rings. The van der Waals surface area contributed by atoms with Gasteiger partial charge in [-0.25, -0.2) is 4.79 Å². The second-order valence-electron chi connectivity index (χ2n) is 10.3. The van der Waals surface area contributed by atoms with Gasteiger partial charge in [-0.15, -0.1) is 0 Å². The predicted octanol–water partition coefficient (Wildman–Crippen LogP) is 5.95. The Balaban J connectivity index is 1.35. The molecule has 5 rings (SSSR count). The highest BCUT2D eigenvalue weighted by Gasteiger charge is 2.58. The van der Waals surface area contributed by atoms with Crippen molar-refractivity contribution >= 4 is 11.8 Å². The van der Waals surface area contributed by atoms with Gasteiger partial charge in [0.2, 0.25) is 0 Å². The van der Waals surface area contributed by atoms with Gasteiger partial charge < -0.3 is 9.84 Å². The summed E-state index contributed by atoms with van der Waals surface area (Å²) in [5, 5.41) is 8.98. The summed E-state index contributed by atoms with van der Waals surface area (Å²) in [6, 6.07) is 16.8. The third-order valence-electron chi connectivity index (χ3n) is 8.49. The zero-order valence-corrected chi connectivity index (χ0v) is 19.2.